The summed E-state index contributed by atoms with van der Waals surface area (Å²) in [4.78, 5) is 4.04. The molecule has 0 saturated heterocycles. The van der Waals surface area contributed by atoms with Gasteiger partial charge in [0.1, 0.15) is 12.2 Å². The summed E-state index contributed by atoms with van der Waals surface area (Å²) >= 11 is 0. The van der Waals surface area contributed by atoms with E-state index in [1.807, 2.05) is 19.1 Å². The minimum Gasteiger partial charge on any atom is -0.504 e. The number of hydrogen-bond donors (Lipinski definition) is 3. The average Bonchev–Trinajstić information content (AvgIpc) is 2.92. The van der Waals surface area contributed by atoms with Crippen LogP contribution in [0.3, 0.4) is 0 Å². The Kier molecular flexibility index (Phi) is 4.74. The Labute approximate surface area is 111 Å². The van der Waals surface area contributed by atoms with E-state index in [-0.39, 0.29) is 5.75 Å². The van der Waals surface area contributed by atoms with Crippen LogP contribution >= 0.6 is 0 Å². The van der Waals surface area contributed by atoms with Crippen LogP contribution in [0, 0.1) is 0 Å². The lowest BCUT2D eigenvalue weighted by atomic mass is 10.2. The molecule has 0 fully saturated rings. The number of benzene rings is 1. The van der Waals surface area contributed by atoms with Crippen LogP contribution in [-0.2, 0) is 13.0 Å². The number of aromatic hydroxyl groups is 1. The molecule has 0 aliphatic rings. The molecule has 0 amide bonds. The maximum atomic E-state index is 10.0. The van der Waals surface area contributed by atoms with Crippen LogP contribution in [0.4, 0.5) is 0 Å². The van der Waals surface area contributed by atoms with Crippen molar-refractivity contribution in [3.63, 3.8) is 0 Å². The van der Waals surface area contributed by atoms with Crippen LogP contribution in [0.15, 0.2) is 24.5 Å². The lowest BCUT2D eigenvalue weighted by Crippen LogP contribution is -2.17. The number of aromatic nitrogens is 3. The summed E-state index contributed by atoms with van der Waals surface area (Å²) in [6, 6.07) is 5.51. The van der Waals surface area contributed by atoms with Gasteiger partial charge in [-0.25, -0.2) is 4.98 Å². The van der Waals surface area contributed by atoms with Gasteiger partial charge in [0.25, 0.3) is 0 Å². The summed E-state index contributed by atoms with van der Waals surface area (Å²) in [6.07, 6.45) is 2.26. The molecule has 0 radical (unpaired) electrons. The molecule has 0 aliphatic heterocycles. The molecule has 0 spiro atoms. The van der Waals surface area contributed by atoms with Crippen molar-refractivity contribution in [2.45, 2.75) is 19.9 Å². The molecular formula is C13H18N4O2. The molecule has 1 aromatic heterocycles. The standard InChI is InChI=1S/C13H18N4O2/c1-2-19-11-5-3-4-10(13(11)18)8-14-7-6-12-15-9-16-17-12/h3-5,9,14,18H,2,6-8H2,1H3,(H,15,16,17). The minimum atomic E-state index is 0.205. The van der Waals surface area contributed by atoms with Crippen LogP contribution in [0.2, 0.25) is 0 Å². The highest BCUT2D eigenvalue weighted by molar-refractivity contribution is 5.45. The lowest BCUT2D eigenvalue weighted by molar-refractivity contribution is 0.316. The third-order valence-corrected chi connectivity index (χ3v) is 2.70. The van der Waals surface area contributed by atoms with Gasteiger partial charge in [0.2, 0.25) is 0 Å². The summed E-state index contributed by atoms with van der Waals surface area (Å²) in [5, 5.41) is 19.8. The largest absolute Gasteiger partial charge is 0.504 e. The van der Waals surface area contributed by atoms with Gasteiger partial charge in [-0.3, -0.25) is 5.10 Å². The van der Waals surface area contributed by atoms with Crippen LogP contribution in [0.1, 0.15) is 18.3 Å². The van der Waals surface area contributed by atoms with Gasteiger partial charge in [-0.2, -0.15) is 5.10 Å². The number of para-hydroxylation sites is 1. The Bertz CT molecular complexity index is 499. The molecule has 2 aromatic rings. The molecule has 1 heterocycles. The van der Waals surface area contributed by atoms with Crippen LogP contribution < -0.4 is 10.1 Å². The summed E-state index contributed by atoms with van der Waals surface area (Å²) in [7, 11) is 0. The summed E-state index contributed by atoms with van der Waals surface area (Å²) in [5.41, 5.74) is 0.823. The lowest BCUT2D eigenvalue weighted by Gasteiger charge is -2.10. The average molecular weight is 262 g/mol. The molecular weight excluding hydrogens is 244 g/mol. The number of nitrogens with zero attached hydrogens (tertiary/aromatic N) is 2. The fraction of sp³-hybridized carbons (Fsp3) is 0.385. The fourth-order valence-electron chi connectivity index (χ4n) is 1.76. The van der Waals surface area contributed by atoms with E-state index in [0.717, 1.165) is 24.4 Å². The van der Waals surface area contributed by atoms with Crippen LogP contribution in [0.25, 0.3) is 0 Å². The maximum Gasteiger partial charge on any atom is 0.162 e. The van der Waals surface area contributed by atoms with Gasteiger partial charge in [0, 0.05) is 25.1 Å². The number of phenolic OH excluding ortho intramolecular Hbond substituents is 1. The first-order valence-electron chi connectivity index (χ1n) is 6.30. The zero-order valence-electron chi connectivity index (χ0n) is 10.9. The fourth-order valence-corrected chi connectivity index (χ4v) is 1.76. The van der Waals surface area contributed by atoms with Gasteiger partial charge in [-0.05, 0) is 13.0 Å². The van der Waals surface area contributed by atoms with E-state index in [0.29, 0.717) is 18.9 Å². The SMILES string of the molecule is CCOc1cccc(CNCCc2ncn[nH]2)c1O. The minimum absolute atomic E-state index is 0.205. The summed E-state index contributed by atoms with van der Waals surface area (Å²) < 4.78 is 5.34. The molecule has 6 nitrogen and oxygen atoms in total. The van der Waals surface area contributed by atoms with Crippen molar-refractivity contribution in [1.29, 1.82) is 0 Å². The zero-order valence-corrected chi connectivity index (χ0v) is 10.9. The summed E-state index contributed by atoms with van der Waals surface area (Å²) in [5.74, 6) is 1.58. The first kappa shape index (κ1) is 13.4. The number of aromatic amines is 1. The number of ether oxygens (including phenoxy) is 1. The Hall–Kier alpha value is -2.08. The molecule has 0 bridgehead atoms. The van der Waals surface area contributed by atoms with E-state index < -0.39 is 0 Å². The van der Waals surface area contributed by atoms with Gasteiger partial charge in [-0.15, -0.1) is 0 Å². The van der Waals surface area contributed by atoms with Crippen molar-refractivity contribution in [3.05, 3.63) is 35.9 Å². The molecule has 6 heteroatoms. The van der Waals surface area contributed by atoms with Crippen molar-refractivity contribution < 1.29 is 9.84 Å². The van der Waals surface area contributed by atoms with Crippen molar-refractivity contribution in [2.24, 2.45) is 0 Å². The van der Waals surface area contributed by atoms with Gasteiger partial charge < -0.3 is 15.2 Å². The van der Waals surface area contributed by atoms with Crippen molar-refractivity contribution >= 4 is 0 Å². The quantitative estimate of drug-likeness (QED) is 0.654. The van der Waals surface area contributed by atoms with Gasteiger partial charge in [-0.1, -0.05) is 12.1 Å². The van der Waals surface area contributed by atoms with E-state index in [2.05, 4.69) is 20.5 Å². The number of phenols is 1. The van der Waals surface area contributed by atoms with Gasteiger partial charge >= 0.3 is 0 Å². The van der Waals surface area contributed by atoms with Crippen LogP contribution in [-0.4, -0.2) is 33.4 Å². The monoisotopic (exact) mass is 262 g/mol. The Morgan fingerprint density at radius 1 is 1.42 bits per heavy atom. The third-order valence-electron chi connectivity index (χ3n) is 2.70. The molecule has 102 valence electrons. The van der Waals surface area contributed by atoms with Crippen molar-refractivity contribution in [3.8, 4) is 11.5 Å². The second-order valence-electron chi connectivity index (χ2n) is 4.06. The number of hydrogen-bond acceptors (Lipinski definition) is 5. The Morgan fingerprint density at radius 2 is 2.32 bits per heavy atom. The highest BCUT2D eigenvalue weighted by Gasteiger charge is 2.07. The number of nitrogens with one attached hydrogen (secondary N) is 2. The smallest absolute Gasteiger partial charge is 0.162 e. The van der Waals surface area contributed by atoms with Crippen LogP contribution in [0.5, 0.6) is 11.5 Å². The molecule has 2 rings (SSSR count). The molecule has 19 heavy (non-hydrogen) atoms. The molecule has 0 saturated carbocycles. The first-order chi connectivity index (χ1) is 9.31. The molecule has 0 unspecified atom stereocenters. The highest BCUT2D eigenvalue weighted by atomic mass is 16.5. The summed E-state index contributed by atoms with van der Waals surface area (Å²) in [6.45, 7) is 3.77. The van der Waals surface area contributed by atoms with Crippen molar-refractivity contribution in [2.75, 3.05) is 13.2 Å². The second kappa shape index (κ2) is 6.75. The maximum absolute atomic E-state index is 10.0. The van der Waals surface area contributed by atoms with E-state index in [1.165, 1.54) is 6.33 Å². The zero-order chi connectivity index (χ0) is 13.5. The predicted octanol–water partition coefficient (Wildman–Crippen LogP) is 1.24. The van der Waals surface area contributed by atoms with Gasteiger partial charge in [0.15, 0.2) is 11.5 Å². The second-order valence-corrected chi connectivity index (χ2v) is 4.06. The molecule has 0 atom stereocenters. The van der Waals surface area contributed by atoms with E-state index >= 15 is 0 Å². The van der Waals surface area contributed by atoms with Crippen molar-refractivity contribution in [1.82, 2.24) is 20.5 Å². The Morgan fingerprint density at radius 3 is 3.05 bits per heavy atom. The molecule has 0 aliphatic carbocycles. The highest BCUT2D eigenvalue weighted by Crippen LogP contribution is 2.29. The van der Waals surface area contributed by atoms with E-state index in [1.54, 1.807) is 6.07 Å². The predicted molar refractivity (Wildman–Crippen MR) is 71.1 cm³/mol. The van der Waals surface area contributed by atoms with E-state index in [4.69, 9.17) is 4.74 Å². The normalized spacial score (nSPS) is 10.6. The van der Waals surface area contributed by atoms with E-state index in [9.17, 15) is 5.11 Å². The number of H-pyrrole nitrogens is 1. The molecule has 1 aromatic carbocycles. The molecule has 3 N–H and O–H groups in total. The topological polar surface area (TPSA) is 83.1 Å². The first-order valence-corrected chi connectivity index (χ1v) is 6.30. The number of rotatable bonds is 7. The third kappa shape index (κ3) is 3.69. The Balaban J connectivity index is 1.83. The van der Waals surface area contributed by atoms with Gasteiger partial charge in [0.05, 0.1) is 6.61 Å².